The van der Waals surface area contributed by atoms with Crippen LogP contribution in [0.1, 0.15) is 64.0 Å². The molecule has 3 rings (SSSR count). The van der Waals surface area contributed by atoms with Crippen LogP contribution in [0.4, 0.5) is 0 Å². The minimum absolute atomic E-state index is 0.0110. The maximum atomic E-state index is 12.4. The average Bonchev–Trinajstić information content (AvgIpc) is 3.17. The molecule has 1 saturated carbocycles. The second-order valence-electron chi connectivity index (χ2n) is 7.26. The zero-order valence-corrected chi connectivity index (χ0v) is 15.0. The third-order valence-corrected chi connectivity index (χ3v) is 5.24. The van der Waals surface area contributed by atoms with Crippen LogP contribution in [-0.2, 0) is 28.9 Å². The minimum Gasteiger partial charge on any atom is -0.365 e. The van der Waals surface area contributed by atoms with E-state index in [9.17, 15) is 4.79 Å². The van der Waals surface area contributed by atoms with Gasteiger partial charge in [0, 0.05) is 25.9 Å². The normalized spacial score (nSPS) is 24.6. The number of ether oxygens (including phenoxy) is 1. The molecule has 0 bridgehead atoms. The Labute approximate surface area is 144 Å². The molecule has 3 atom stereocenters. The number of hydrogen-bond acceptors (Lipinski definition) is 4. The fourth-order valence-electron chi connectivity index (χ4n) is 3.88. The topological polar surface area (TPSA) is 69.0 Å². The Morgan fingerprint density at radius 1 is 1.38 bits per heavy atom. The van der Waals surface area contributed by atoms with Crippen molar-refractivity contribution >= 4 is 5.91 Å². The number of aromatic nitrogens is 3. The van der Waals surface area contributed by atoms with E-state index >= 15 is 0 Å². The first-order valence-electron chi connectivity index (χ1n) is 9.51. The van der Waals surface area contributed by atoms with Gasteiger partial charge in [-0.05, 0) is 31.6 Å². The molecule has 0 spiro atoms. The van der Waals surface area contributed by atoms with E-state index in [1.54, 1.807) is 0 Å². The van der Waals surface area contributed by atoms with Crippen molar-refractivity contribution in [2.45, 2.75) is 84.0 Å². The molecule has 1 aromatic heterocycles. The summed E-state index contributed by atoms with van der Waals surface area (Å²) in [5.41, 5.74) is 0. The Morgan fingerprint density at radius 3 is 3.04 bits per heavy atom. The number of nitrogens with zero attached hydrogens (tertiary/aromatic N) is 3. The van der Waals surface area contributed by atoms with Crippen LogP contribution in [0.25, 0.3) is 0 Å². The second kappa shape index (κ2) is 8.10. The molecule has 6 nitrogen and oxygen atoms in total. The first-order valence-corrected chi connectivity index (χ1v) is 9.51. The smallest absolute Gasteiger partial charge is 0.249 e. The lowest BCUT2D eigenvalue weighted by atomic mass is 9.88. The SMILES string of the molecule is CC[C@H](O[C@@H]1CCC[C@@H](C)C1)C(=O)NCCc1nnc2n1CCC2. The molecule has 2 heterocycles. The van der Waals surface area contributed by atoms with Crippen LogP contribution in [0.3, 0.4) is 0 Å². The number of aryl methyl sites for hydroxylation is 1. The van der Waals surface area contributed by atoms with Crippen LogP contribution >= 0.6 is 0 Å². The highest BCUT2D eigenvalue weighted by Gasteiger charge is 2.26. The molecule has 0 saturated heterocycles. The number of hydrogen-bond donors (Lipinski definition) is 1. The quantitative estimate of drug-likeness (QED) is 0.830. The third kappa shape index (κ3) is 4.15. The van der Waals surface area contributed by atoms with Gasteiger partial charge in [0.25, 0.3) is 0 Å². The molecule has 134 valence electrons. The zero-order valence-electron chi connectivity index (χ0n) is 15.0. The summed E-state index contributed by atoms with van der Waals surface area (Å²) in [5.74, 6) is 2.78. The van der Waals surface area contributed by atoms with Crippen molar-refractivity contribution in [2.75, 3.05) is 6.54 Å². The van der Waals surface area contributed by atoms with Gasteiger partial charge < -0.3 is 14.6 Å². The van der Waals surface area contributed by atoms with Crippen molar-refractivity contribution in [2.24, 2.45) is 5.92 Å². The van der Waals surface area contributed by atoms with Crippen molar-refractivity contribution in [3.8, 4) is 0 Å². The Bertz CT molecular complexity index is 557. The number of carbonyl (C=O) groups excluding carboxylic acids is 1. The van der Waals surface area contributed by atoms with E-state index in [0.717, 1.165) is 56.7 Å². The summed E-state index contributed by atoms with van der Waals surface area (Å²) in [6, 6.07) is 0. The van der Waals surface area contributed by atoms with Crippen molar-refractivity contribution in [1.29, 1.82) is 0 Å². The lowest BCUT2D eigenvalue weighted by Crippen LogP contribution is -2.40. The minimum atomic E-state index is -0.329. The Kier molecular flexibility index (Phi) is 5.87. The number of carbonyl (C=O) groups is 1. The van der Waals surface area contributed by atoms with Gasteiger partial charge >= 0.3 is 0 Å². The molecule has 24 heavy (non-hydrogen) atoms. The maximum absolute atomic E-state index is 12.4. The number of rotatable bonds is 7. The van der Waals surface area contributed by atoms with Crippen molar-refractivity contribution < 1.29 is 9.53 Å². The maximum Gasteiger partial charge on any atom is 0.249 e. The summed E-state index contributed by atoms with van der Waals surface area (Å²) in [6.45, 7) is 5.89. The first kappa shape index (κ1) is 17.4. The van der Waals surface area contributed by atoms with Gasteiger partial charge in [0.2, 0.25) is 5.91 Å². The Balaban J connectivity index is 1.44. The molecule has 0 radical (unpaired) electrons. The molecule has 2 aliphatic rings. The third-order valence-electron chi connectivity index (χ3n) is 5.24. The van der Waals surface area contributed by atoms with Gasteiger partial charge in [0.1, 0.15) is 17.8 Å². The molecule has 1 N–H and O–H groups in total. The van der Waals surface area contributed by atoms with E-state index in [-0.39, 0.29) is 18.1 Å². The molecule has 6 heteroatoms. The molecular weight excluding hydrogens is 304 g/mol. The Morgan fingerprint density at radius 2 is 2.25 bits per heavy atom. The van der Waals surface area contributed by atoms with Crippen molar-refractivity contribution in [3.63, 3.8) is 0 Å². The van der Waals surface area contributed by atoms with Gasteiger partial charge in [-0.1, -0.05) is 26.7 Å². The highest BCUT2D eigenvalue weighted by molar-refractivity contribution is 5.80. The first-order chi connectivity index (χ1) is 11.7. The van der Waals surface area contributed by atoms with Crippen LogP contribution in [0.5, 0.6) is 0 Å². The van der Waals surface area contributed by atoms with Crippen molar-refractivity contribution in [3.05, 3.63) is 11.6 Å². The van der Waals surface area contributed by atoms with Crippen LogP contribution in [-0.4, -0.2) is 39.4 Å². The lowest BCUT2D eigenvalue weighted by molar-refractivity contribution is -0.139. The summed E-state index contributed by atoms with van der Waals surface area (Å²) in [5, 5.41) is 11.5. The standard InChI is InChI=1S/C18H30N4O2/c1-3-15(24-14-7-4-6-13(2)12-14)18(23)19-10-9-17-21-20-16-8-5-11-22(16)17/h13-15H,3-12H2,1-2H3,(H,19,23)/t13-,14-,15+/m1/s1. The van der Waals surface area contributed by atoms with E-state index < -0.39 is 0 Å². The molecule has 1 fully saturated rings. The van der Waals surface area contributed by atoms with Gasteiger partial charge in [-0.3, -0.25) is 4.79 Å². The predicted molar refractivity (Wildman–Crippen MR) is 91.6 cm³/mol. The number of nitrogens with one attached hydrogen (secondary N) is 1. The Hall–Kier alpha value is -1.43. The number of amides is 1. The fraction of sp³-hybridized carbons (Fsp3) is 0.833. The molecule has 1 amide bonds. The van der Waals surface area contributed by atoms with Crippen molar-refractivity contribution in [1.82, 2.24) is 20.1 Å². The van der Waals surface area contributed by atoms with E-state index in [1.807, 2.05) is 6.92 Å². The highest BCUT2D eigenvalue weighted by Crippen LogP contribution is 2.27. The van der Waals surface area contributed by atoms with Crippen LogP contribution in [0.2, 0.25) is 0 Å². The van der Waals surface area contributed by atoms with Gasteiger partial charge in [0.15, 0.2) is 0 Å². The molecule has 1 aliphatic heterocycles. The van der Waals surface area contributed by atoms with E-state index in [4.69, 9.17) is 4.74 Å². The van der Waals surface area contributed by atoms with Crippen LogP contribution in [0.15, 0.2) is 0 Å². The van der Waals surface area contributed by atoms with E-state index in [2.05, 4.69) is 27.0 Å². The zero-order chi connectivity index (χ0) is 16.9. The summed E-state index contributed by atoms with van der Waals surface area (Å²) < 4.78 is 8.27. The summed E-state index contributed by atoms with van der Waals surface area (Å²) in [4.78, 5) is 12.4. The average molecular weight is 334 g/mol. The van der Waals surface area contributed by atoms with Gasteiger partial charge in [0.05, 0.1) is 6.10 Å². The van der Waals surface area contributed by atoms with Crippen LogP contribution in [0, 0.1) is 5.92 Å². The molecule has 1 aliphatic carbocycles. The number of fused-ring (bicyclic) bond motifs is 1. The molecule has 0 aromatic carbocycles. The van der Waals surface area contributed by atoms with Gasteiger partial charge in [-0.15, -0.1) is 10.2 Å². The van der Waals surface area contributed by atoms with E-state index in [0.29, 0.717) is 12.5 Å². The van der Waals surface area contributed by atoms with Gasteiger partial charge in [-0.2, -0.15) is 0 Å². The summed E-state index contributed by atoms with van der Waals surface area (Å²) in [7, 11) is 0. The van der Waals surface area contributed by atoms with Crippen LogP contribution < -0.4 is 5.32 Å². The largest absolute Gasteiger partial charge is 0.365 e. The summed E-state index contributed by atoms with van der Waals surface area (Å²) in [6.07, 6.45) is 8.19. The highest BCUT2D eigenvalue weighted by atomic mass is 16.5. The predicted octanol–water partition coefficient (Wildman–Crippen LogP) is 2.26. The molecule has 1 aromatic rings. The lowest BCUT2D eigenvalue weighted by Gasteiger charge is -2.29. The second-order valence-corrected chi connectivity index (χ2v) is 7.26. The van der Waals surface area contributed by atoms with E-state index in [1.165, 1.54) is 12.8 Å². The summed E-state index contributed by atoms with van der Waals surface area (Å²) >= 11 is 0. The monoisotopic (exact) mass is 334 g/mol. The molecular formula is C18H30N4O2. The molecule has 0 unspecified atom stereocenters. The van der Waals surface area contributed by atoms with Gasteiger partial charge in [-0.25, -0.2) is 0 Å². The fourth-order valence-corrected chi connectivity index (χ4v) is 3.88.